The summed E-state index contributed by atoms with van der Waals surface area (Å²) in [6, 6.07) is 2.29. The first-order chi connectivity index (χ1) is 8.75. The topological polar surface area (TPSA) is 78.9 Å². The molecule has 2 aliphatic rings. The van der Waals surface area contributed by atoms with Gasteiger partial charge in [0.2, 0.25) is 5.95 Å². The first kappa shape index (κ1) is 11.4. The zero-order valence-corrected chi connectivity index (χ0v) is 10.5. The summed E-state index contributed by atoms with van der Waals surface area (Å²) in [6.45, 7) is 1.04. The van der Waals surface area contributed by atoms with Gasteiger partial charge in [0.25, 0.3) is 0 Å². The molecule has 1 saturated heterocycles. The van der Waals surface area contributed by atoms with E-state index >= 15 is 0 Å². The number of nitrogens with one attached hydrogen (secondary N) is 1. The van der Waals surface area contributed by atoms with Crippen LogP contribution in [-0.4, -0.2) is 28.4 Å². The molecule has 1 aliphatic heterocycles. The Labute approximate surface area is 107 Å². The van der Waals surface area contributed by atoms with E-state index in [2.05, 4.69) is 14.9 Å². The lowest BCUT2D eigenvalue weighted by molar-refractivity contribution is 0.341. The second-order valence-corrected chi connectivity index (χ2v) is 5.25. The van der Waals surface area contributed by atoms with E-state index in [-0.39, 0.29) is 5.84 Å². The minimum Gasteiger partial charge on any atom is -0.382 e. The molecule has 2 fully saturated rings. The van der Waals surface area contributed by atoms with Crippen LogP contribution in [0.5, 0.6) is 0 Å². The number of amidine groups is 1. The summed E-state index contributed by atoms with van der Waals surface area (Å²) in [7, 11) is 0. The largest absolute Gasteiger partial charge is 0.382 e. The Balaban J connectivity index is 1.86. The van der Waals surface area contributed by atoms with Gasteiger partial charge in [-0.3, -0.25) is 5.41 Å². The van der Waals surface area contributed by atoms with Crippen LogP contribution in [0.3, 0.4) is 0 Å². The van der Waals surface area contributed by atoms with Crippen LogP contribution in [0.1, 0.15) is 37.8 Å². The Hall–Kier alpha value is -1.65. The maximum absolute atomic E-state index is 7.45. The van der Waals surface area contributed by atoms with Gasteiger partial charge in [-0.25, -0.2) is 9.97 Å². The Bertz CT molecular complexity index is 458. The fourth-order valence-corrected chi connectivity index (χ4v) is 3.29. The minimum atomic E-state index is 0.0121. The summed E-state index contributed by atoms with van der Waals surface area (Å²) in [5.74, 6) is 1.57. The summed E-state index contributed by atoms with van der Waals surface area (Å²) in [5, 5.41) is 7.45. The molecule has 1 aromatic heterocycles. The van der Waals surface area contributed by atoms with Gasteiger partial charge in [0.15, 0.2) is 0 Å². The molecule has 5 heteroatoms. The van der Waals surface area contributed by atoms with Gasteiger partial charge in [0.05, 0.1) is 0 Å². The summed E-state index contributed by atoms with van der Waals surface area (Å²) in [6.07, 6.45) is 8.22. The SMILES string of the molecule is N=C(N)c1ccnc(N2CCC3CCCCC32)n1. The molecule has 2 heterocycles. The molecule has 2 unspecified atom stereocenters. The maximum Gasteiger partial charge on any atom is 0.226 e. The molecule has 3 rings (SSSR count). The number of nitrogen functional groups attached to an aromatic ring is 1. The molecule has 1 aliphatic carbocycles. The quantitative estimate of drug-likeness (QED) is 0.611. The number of rotatable bonds is 2. The van der Waals surface area contributed by atoms with E-state index in [4.69, 9.17) is 11.1 Å². The number of hydrogen-bond donors (Lipinski definition) is 2. The average molecular weight is 245 g/mol. The van der Waals surface area contributed by atoms with Crippen molar-refractivity contribution in [2.24, 2.45) is 11.7 Å². The van der Waals surface area contributed by atoms with Crippen molar-refractivity contribution in [1.29, 1.82) is 5.41 Å². The highest BCUT2D eigenvalue weighted by Gasteiger charge is 2.36. The van der Waals surface area contributed by atoms with Crippen LogP contribution in [0.25, 0.3) is 0 Å². The van der Waals surface area contributed by atoms with Crippen molar-refractivity contribution >= 4 is 11.8 Å². The lowest BCUT2D eigenvalue weighted by Gasteiger charge is -2.31. The van der Waals surface area contributed by atoms with Crippen LogP contribution >= 0.6 is 0 Å². The summed E-state index contributed by atoms with van der Waals surface area (Å²) in [5.41, 5.74) is 6.01. The van der Waals surface area contributed by atoms with Crippen LogP contribution < -0.4 is 10.6 Å². The molecule has 1 aromatic rings. The molecule has 3 N–H and O–H groups in total. The highest BCUT2D eigenvalue weighted by atomic mass is 15.3. The first-order valence-electron chi connectivity index (χ1n) is 6.70. The van der Waals surface area contributed by atoms with Gasteiger partial charge in [-0.1, -0.05) is 12.8 Å². The number of nitrogens with two attached hydrogens (primary N) is 1. The van der Waals surface area contributed by atoms with Crippen molar-refractivity contribution in [2.45, 2.75) is 38.1 Å². The van der Waals surface area contributed by atoms with Gasteiger partial charge in [-0.05, 0) is 31.2 Å². The third-order valence-electron chi connectivity index (χ3n) is 4.19. The van der Waals surface area contributed by atoms with Crippen LogP contribution in [-0.2, 0) is 0 Å². The Kier molecular flexibility index (Phi) is 2.89. The zero-order valence-electron chi connectivity index (χ0n) is 10.5. The third kappa shape index (κ3) is 1.94. The predicted octanol–water partition coefficient (Wildman–Crippen LogP) is 1.53. The molecule has 96 valence electrons. The van der Waals surface area contributed by atoms with Gasteiger partial charge >= 0.3 is 0 Å². The van der Waals surface area contributed by atoms with E-state index in [1.807, 2.05) is 0 Å². The van der Waals surface area contributed by atoms with Crippen molar-refractivity contribution in [1.82, 2.24) is 9.97 Å². The molecule has 1 saturated carbocycles. The Morgan fingerprint density at radius 2 is 2.17 bits per heavy atom. The average Bonchev–Trinajstić information content (AvgIpc) is 2.82. The van der Waals surface area contributed by atoms with Gasteiger partial charge in [-0.15, -0.1) is 0 Å². The standard InChI is InChI=1S/C13H19N5/c14-12(15)10-5-7-16-13(17-10)18-8-6-9-3-1-2-4-11(9)18/h5,7,9,11H,1-4,6,8H2,(H3,14,15). The van der Waals surface area contributed by atoms with Crippen molar-refractivity contribution in [3.63, 3.8) is 0 Å². The van der Waals surface area contributed by atoms with Crippen LogP contribution in [0.2, 0.25) is 0 Å². The minimum absolute atomic E-state index is 0.0121. The van der Waals surface area contributed by atoms with Crippen LogP contribution in [0.4, 0.5) is 5.95 Å². The molecular formula is C13H19N5. The van der Waals surface area contributed by atoms with Crippen molar-refractivity contribution in [3.05, 3.63) is 18.0 Å². The van der Waals surface area contributed by atoms with E-state index in [9.17, 15) is 0 Å². The second-order valence-electron chi connectivity index (χ2n) is 5.25. The molecule has 0 amide bonds. The van der Waals surface area contributed by atoms with E-state index in [0.29, 0.717) is 11.7 Å². The number of hydrogen-bond acceptors (Lipinski definition) is 4. The molecule has 0 bridgehead atoms. The lowest BCUT2D eigenvalue weighted by atomic mass is 9.85. The van der Waals surface area contributed by atoms with E-state index in [0.717, 1.165) is 18.4 Å². The monoisotopic (exact) mass is 245 g/mol. The molecule has 18 heavy (non-hydrogen) atoms. The maximum atomic E-state index is 7.45. The van der Waals surface area contributed by atoms with E-state index in [1.54, 1.807) is 12.3 Å². The summed E-state index contributed by atoms with van der Waals surface area (Å²) in [4.78, 5) is 11.1. The second kappa shape index (κ2) is 4.55. The molecule has 2 atom stereocenters. The highest BCUT2D eigenvalue weighted by molar-refractivity contribution is 5.93. The smallest absolute Gasteiger partial charge is 0.226 e. The van der Waals surface area contributed by atoms with E-state index < -0.39 is 0 Å². The fraction of sp³-hybridized carbons (Fsp3) is 0.615. The highest BCUT2D eigenvalue weighted by Crippen LogP contribution is 2.37. The van der Waals surface area contributed by atoms with Gasteiger partial charge in [0.1, 0.15) is 11.5 Å². The Morgan fingerprint density at radius 3 is 3.00 bits per heavy atom. The van der Waals surface area contributed by atoms with Gasteiger partial charge < -0.3 is 10.6 Å². The summed E-state index contributed by atoms with van der Waals surface area (Å²) < 4.78 is 0. The molecule has 0 spiro atoms. The fourth-order valence-electron chi connectivity index (χ4n) is 3.29. The number of fused-ring (bicyclic) bond motifs is 1. The number of nitrogens with zero attached hydrogens (tertiary/aromatic N) is 3. The molecule has 0 radical (unpaired) electrons. The summed E-state index contributed by atoms with van der Waals surface area (Å²) >= 11 is 0. The van der Waals surface area contributed by atoms with Crippen molar-refractivity contribution < 1.29 is 0 Å². The predicted molar refractivity (Wildman–Crippen MR) is 70.8 cm³/mol. The normalized spacial score (nSPS) is 27.0. The van der Waals surface area contributed by atoms with E-state index in [1.165, 1.54) is 32.1 Å². The number of aromatic nitrogens is 2. The van der Waals surface area contributed by atoms with Crippen molar-refractivity contribution in [2.75, 3.05) is 11.4 Å². The van der Waals surface area contributed by atoms with Crippen LogP contribution in [0, 0.1) is 11.3 Å². The van der Waals surface area contributed by atoms with Crippen LogP contribution in [0.15, 0.2) is 12.3 Å². The first-order valence-corrected chi connectivity index (χ1v) is 6.70. The third-order valence-corrected chi connectivity index (χ3v) is 4.19. The zero-order chi connectivity index (χ0) is 12.5. The number of anilines is 1. The molecular weight excluding hydrogens is 226 g/mol. The Morgan fingerprint density at radius 1 is 1.33 bits per heavy atom. The lowest BCUT2D eigenvalue weighted by Crippen LogP contribution is -2.36. The molecule has 5 nitrogen and oxygen atoms in total. The molecule has 0 aromatic carbocycles. The van der Waals surface area contributed by atoms with Gasteiger partial charge in [-0.2, -0.15) is 0 Å². The van der Waals surface area contributed by atoms with Crippen molar-refractivity contribution in [3.8, 4) is 0 Å². The van der Waals surface area contributed by atoms with Gasteiger partial charge in [0, 0.05) is 18.8 Å².